The molecule has 2 rings (SSSR count). The molecule has 18 heavy (non-hydrogen) atoms. The molecule has 0 radical (unpaired) electrons. The van der Waals surface area contributed by atoms with Crippen molar-refractivity contribution in [3.8, 4) is 0 Å². The molecule has 6 heteroatoms. The average molecular weight is 229 g/mol. The first-order valence-corrected chi connectivity index (χ1v) is 4.34. The SMILES string of the molecule is O=[C-]c1ccc2cc(C(=O)[O-])ccc2c1.[Li+].[Li+].[OH-]. The van der Waals surface area contributed by atoms with Crippen molar-refractivity contribution in [1.82, 2.24) is 0 Å². The minimum absolute atomic E-state index is 0. The topological polar surface area (TPSA) is 87.2 Å². The summed E-state index contributed by atoms with van der Waals surface area (Å²) >= 11 is 0. The molecule has 0 bridgehead atoms. The van der Waals surface area contributed by atoms with Crippen molar-refractivity contribution in [3.63, 3.8) is 0 Å². The Morgan fingerprint density at radius 3 is 2.11 bits per heavy atom. The average Bonchev–Trinajstić information content (AvgIpc) is 2.27. The van der Waals surface area contributed by atoms with E-state index in [1.165, 1.54) is 12.1 Å². The molecule has 0 fully saturated rings. The Balaban J connectivity index is 0. The Morgan fingerprint density at radius 1 is 1.00 bits per heavy atom. The van der Waals surface area contributed by atoms with Crippen LogP contribution in [0, 0.1) is 0 Å². The standard InChI is InChI=1S/C12H7O3.2Li.H2O/c13-7-8-1-2-10-6-11(12(14)15)4-3-9(10)5-8;;;/h1-6H,(H,14,15);;;1H2/q-1;2*+1;/p-2. The predicted molar refractivity (Wildman–Crippen MR) is 55.0 cm³/mol. The molecule has 0 aliphatic rings. The van der Waals surface area contributed by atoms with E-state index < -0.39 is 5.97 Å². The summed E-state index contributed by atoms with van der Waals surface area (Å²) < 4.78 is 0. The molecular formula is C12H7Li2O4-. The van der Waals surface area contributed by atoms with Gasteiger partial charge in [0.25, 0.3) is 0 Å². The second-order valence-corrected chi connectivity index (χ2v) is 3.17. The number of fused-ring (bicyclic) bond motifs is 1. The van der Waals surface area contributed by atoms with Gasteiger partial charge < -0.3 is 20.2 Å². The fraction of sp³-hybridized carbons (Fsp3) is 0. The number of hydrogen-bond acceptors (Lipinski definition) is 4. The van der Waals surface area contributed by atoms with Gasteiger partial charge in [0.05, 0.1) is 12.3 Å². The summed E-state index contributed by atoms with van der Waals surface area (Å²) in [5.41, 5.74) is 0.578. The minimum atomic E-state index is -1.21. The van der Waals surface area contributed by atoms with E-state index in [9.17, 15) is 14.7 Å². The molecule has 0 aliphatic heterocycles. The first-order chi connectivity index (χ1) is 7.20. The number of carboxylic acids is 1. The summed E-state index contributed by atoms with van der Waals surface area (Å²) in [4.78, 5) is 21.0. The van der Waals surface area contributed by atoms with Crippen molar-refractivity contribution in [3.05, 3.63) is 47.5 Å². The maximum atomic E-state index is 10.6. The number of aromatic carboxylic acids is 1. The normalized spacial score (nSPS) is 8.44. The van der Waals surface area contributed by atoms with Crippen LogP contribution in [0.5, 0.6) is 0 Å². The van der Waals surface area contributed by atoms with Crippen LogP contribution in [0.15, 0.2) is 36.4 Å². The van der Waals surface area contributed by atoms with Crippen LogP contribution in [0.25, 0.3) is 10.8 Å². The van der Waals surface area contributed by atoms with Crippen LogP contribution in [0.4, 0.5) is 0 Å². The molecule has 0 aliphatic carbocycles. The summed E-state index contributed by atoms with van der Waals surface area (Å²) in [6.45, 7) is 0. The second-order valence-electron chi connectivity index (χ2n) is 3.17. The van der Waals surface area contributed by atoms with Crippen molar-refractivity contribution in [2.45, 2.75) is 0 Å². The number of carbonyl (C=O) groups is 1. The molecule has 2 aromatic rings. The van der Waals surface area contributed by atoms with Crippen LogP contribution >= 0.6 is 0 Å². The fourth-order valence-corrected chi connectivity index (χ4v) is 1.44. The summed E-state index contributed by atoms with van der Waals surface area (Å²) in [7, 11) is 0. The molecule has 0 spiro atoms. The Morgan fingerprint density at radius 2 is 1.56 bits per heavy atom. The van der Waals surface area contributed by atoms with Crippen molar-refractivity contribution in [2.24, 2.45) is 0 Å². The molecule has 0 saturated carbocycles. The van der Waals surface area contributed by atoms with Crippen molar-refractivity contribution in [2.75, 3.05) is 0 Å². The Hall–Kier alpha value is -1.01. The van der Waals surface area contributed by atoms with E-state index in [-0.39, 0.29) is 48.8 Å². The third-order valence-electron chi connectivity index (χ3n) is 2.19. The summed E-state index contributed by atoms with van der Waals surface area (Å²) in [6, 6.07) is 9.53. The van der Waals surface area contributed by atoms with Crippen molar-refractivity contribution >= 4 is 23.0 Å². The Labute approximate surface area is 128 Å². The molecular weight excluding hydrogens is 222 g/mol. The molecule has 0 unspecified atom stereocenters. The van der Waals surface area contributed by atoms with E-state index in [1.807, 2.05) is 0 Å². The van der Waals surface area contributed by atoms with Gasteiger partial charge in [0.15, 0.2) is 0 Å². The molecule has 4 nitrogen and oxygen atoms in total. The van der Waals surface area contributed by atoms with Crippen LogP contribution in [-0.2, 0) is 4.79 Å². The number of carboxylic acid groups (broad SMARTS) is 1. The molecule has 1 N–H and O–H groups in total. The van der Waals surface area contributed by atoms with Gasteiger partial charge in [-0.2, -0.15) is 17.7 Å². The quantitative estimate of drug-likeness (QED) is 0.379. The largest absolute Gasteiger partial charge is 1.00 e. The van der Waals surface area contributed by atoms with Gasteiger partial charge in [-0.3, -0.25) is 0 Å². The summed E-state index contributed by atoms with van der Waals surface area (Å²) in [5.74, 6) is -1.21. The van der Waals surface area contributed by atoms with Gasteiger partial charge in [-0.25, -0.2) is 0 Å². The molecule has 0 saturated heterocycles. The fourth-order valence-electron chi connectivity index (χ4n) is 1.44. The number of hydrogen-bond donors (Lipinski definition) is 0. The maximum absolute atomic E-state index is 10.6. The van der Waals surface area contributed by atoms with E-state index in [1.54, 1.807) is 30.6 Å². The van der Waals surface area contributed by atoms with Gasteiger partial charge >= 0.3 is 37.7 Å². The Bertz CT molecular complexity index is 555. The van der Waals surface area contributed by atoms with Crippen LogP contribution in [0.2, 0.25) is 0 Å². The van der Waals surface area contributed by atoms with Gasteiger partial charge in [0.1, 0.15) is 0 Å². The van der Waals surface area contributed by atoms with Gasteiger partial charge in [-0.15, -0.1) is 6.07 Å². The van der Waals surface area contributed by atoms with Crippen LogP contribution in [-0.4, -0.2) is 17.7 Å². The van der Waals surface area contributed by atoms with Crippen LogP contribution in [0.3, 0.4) is 0 Å². The van der Waals surface area contributed by atoms with E-state index >= 15 is 0 Å². The monoisotopic (exact) mass is 229 g/mol. The zero-order valence-corrected chi connectivity index (χ0v) is 10.1. The minimum Gasteiger partial charge on any atom is -0.870 e. The van der Waals surface area contributed by atoms with Crippen molar-refractivity contribution < 1.29 is 57.9 Å². The third-order valence-corrected chi connectivity index (χ3v) is 2.19. The van der Waals surface area contributed by atoms with E-state index in [4.69, 9.17) is 0 Å². The van der Waals surface area contributed by atoms with E-state index in [0.717, 1.165) is 10.8 Å². The second kappa shape index (κ2) is 8.16. The van der Waals surface area contributed by atoms with Gasteiger partial charge in [-0.05, 0) is 17.0 Å². The first-order valence-electron chi connectivity index (χ1n) is 4.34. The van der Waals surface area contributed by atoms with Crippen molar-refractivity contribution in [1.29, 1.82) is 0 Å². The first kappa shape index (κ1) is 19.3. The molecule has 0 amide bonds. The zero-order valence-electron chi connectivity index (χ0n) is 10.1. The maximum Gasteiger partial charge on any atom is 1.00 e. The molecule has 0 atom stereocenters. The third kappa shape index (κ3) is 4.03. The van der Waals surface area contributed by atoms with Crippen LogP contribution < -0.4 is 42.8 Å². The van der Waals surface area contributed by atoms with Gasteiger partial charge in [0.2, 0.25) is 0 Å². The smallest absolute Gasteiger partial charge is 0.870 e. The van der Waals surface area contributed by atoms with Crippen LogP contribution in [0.1, 0.15) is 15.9 Å². The zero-order chi connectivity index (χ0) is 10.8. The molecule has 0 heterocycles. The molecule has 2 aromatic carbocycles. The summed E-state index contributed by atoms with van der Waals surface area (Å²) in [6.07, 6.45) is 1.78. The number of rotatable bonds is 2. The van der Waals surface area contributed by atoms with Gasteiger partial charge in [0, 0.05) is 0 Å². The number of carbonyl (C=O) groups excluding carboxylic acids is 2. The Kier molecular flexibility index (Phi) is 8.77. The summed E-state index contributed by atoms with van der Waals surface area (Å²) in [5, 5.41) is 12.2. The molecule has 0 aromatic heterocycles. The number of benzene rings is 2. The molecule has 82 valence electrons. The van der Waals surface area contributed by atoms with Gasteiger partial charge in [-0.1, -0.05) is 17.5 Å². The van der Waals surface area contributed by atoms with E-state index in [2.05, 4.69) is 0 Å². The predicted octanol–water partition coefficient (Wildman–Crippen LogP) is -5.51. The van der Waals surface area contributed by atoms with E-state index in [0.29, 0.717) is 5.56 Å².